The highest BCUT2D eigenvalue weighted by Gasteiger charge is 2.22. The molecule has 6 nitrogen and oxygen atoms in total. The Hall–Kier alpha value is -3.02. The molecule has 0 aromatic carbocycles. The number of nitrogens with one attached hydrogen (secondary N) is 1. The molecule has 1 atom stereocenters. The molecule has 3 aromatic heterocycles. The predicted octanol–water partition coefficient (Wildman–Crippen LogP) is 3.94. The van der Waals surface area contributed by atoms with Gasteiger partial charge in [-0.2, -0.15) is 4.98 Å². The number of aromatic nitrogens is 4. The number of fused-ring (bicyclic) bond motifs is 1. The second kappa shape index (κ2) is 6.47. The van der Waals surface area contributed by atoms with Gasteiger partial charge in [0.25, 0.3) is 5.89 Å². The lowest BCUT2D eigenvalue weighted by Crippen LogP contribution is -2.11. The van der Waals surface area contributed by atoms with Crippen molar-refractivity contribution >= 4 is 22.4 Å². The third-order valence-corrected chi connectivity index (χ3v) is 4.70. The first-order valence-corrected chi connectivity index (χ1v) is 8.34. The number of pyridine rings is 1. The van der Waals surface area contributed by atoms with E-state index < -0.39 is 0 Å². The molecule has 1 N–H and O–H groups in total. The number of rotatable bonds is 5. The maximum absolute atomic E-state index is 11.7. The molecule has 0 spiro atoms. The normalized spacial score (nSPS) is 17.4. The number of hydrogen-bond acceptors (Lipinski definition) is 5. The van der Waals surface area contributed by atoms with Crippen molar-refractivity contribution in [1.29, 1.82) is 0 Å². The smallest absolute Gasteiger partial charge is 0.259 e. The SMILES string of the molecule is C=CC(=O)CC1CCC=C(c2ccnc3[nH]cc(-c4ncno4)c23)C1. The fraction of sp³-hybridized carbons (Fsp3) is 0.263. The summed E-state index contributed by atoms with van der Waals surface area (Å²) in [6.45, 7) is 3.58. The molecule has 4 rings (SSSR count). The Morgan fingerprint density at radius 2 is 2.32 bits per heavy atom. The van der Waals surface area contributed by atoms with E-state index in [1.807, 2.05) is 12.3 Å². The predicted molar refractivity (Wildman–Crippen MR) is 94.5 cm³/mol. The summed E-state index contributed by atoms with van der Waals surface area (Å²) in [7, 11) is 0. The van der Waals surface area contributed by atoms with E-state index in [2.05, 4.69) is 32.8 Å². The van der Waals surface area contributed by atoms with Crippen molar-refractivity contribution in [1.82, 2.24) is 20.1 Å². The Bertz CT molecular complexity index is 953. The first-order valence-electron chi connectivity index (χ1n) is 8.34. The lowest BCUT2D eigenvalue weighted by molar-refractivity contribution is -0.115. The van der Waals surface area contributed by atoms with Crippen LogP contribution in [-0.4, -0.2) is 25.9 Å². The Balaban J connectivity index is 1.74. The molecule has 0 aliphatic heterocycles. The van der Waals surface area contributed by atoms with E-state index in [9.17, 15) is 4.79 Å². The van der Waals surface area contributed by atoms with Crippen LogP contribution in [0.15, 0.2) is 48.0 Å². The number of carbonyl (C=O) groups is 1. The van der Waals surface area contributed by atoms with Gasteiger partial charge in [-0.05, 0) is 48.5 Å². The number of hydrogen-bond donors (Lipinski definition) is 1. The third kappa shape index (κ3) is 2.91. The first kappa shape index (κ1) is 15.5. The highest BCUT2D eigenvalue weighted by Crippen LogP contribution is 2.38. The molecule has 0 amide bonds. The van der Waals surface area contributed by atoms with Crippen molar-refractivity contribution in [3.8, 4) is 11.5 Å². The molecule has 0 bridgehead atoms. The van der Waals surface area contributed by atoms with Crippen LogP contribution in [0, 0.1) is 5.92 Å². The minimum atomic E-state index is 0.110. The summed E-state index contributed by atoms with van der Waals surface area (Å²) in [6, 6.07) is 2.01. The highest BCUT2D eigenvalue weighted by atomic mass is 16.5. The molecule has 126 valence electrons. The van der Waals surface area contributed by atoms with Gasteiger partial charge in [0.05, 0.1) is 5.56 Å². The monoisotopic (exact) mass is 334 g/mol. The quantitative estimate of drug-likeness (QED) is 0.714. The molecular formula is C19H18N4O2. The molecule has 1 unspecified atom stereocenters. The fourth-order valence-electron chi connectivity index (χ4n) is 3.54. The minimum absolute atomic E-state index is 0.110. The van der Waals surface area contributed by atoms with Gasteiger partial charge in [-0.3, -0.25) is 4.79 Å². The van der Waals surface area contributed by atoms with Gasteiger partial charge in [-0.25, -0.2) is 4.98 Å². The van der Waals surface area contributed by atoms with Crippen molar-refractivity contribution in [3.63, 3.8) is 0 Å². The van der Waals surface area contributed by atoms with E-state index in [1.54, 1.807) is 6.20 Å². The largest absolute Gasteiger partial charge is 0.345 e. The maximum atomic E-state index is 11.7. The summed E-state index contributed by atoms with van der Waals surface area (Å²) in [5, 5.41) is 4.68. The molecule has 0 fully saturated rings. The number of allylic oxidation sites excluding steroid dienone is 3. The topological polar surface area (TPSA) is 84.7 Å². The van der Waals surface area contributed by atoms with Gasteiger partial charge in [-0.1, -0.05) is 17.8 Å². The molecule has 6 heteroatoms. The zero-order chi connectivity index (χ0) is 17.2. The molecule has 0 radical (unpaired) electrons. The van der Waals surface area contributed by atoms with Crippen LogP contribution < -0.4 is 0 Å². The number of ketones is 1. The van der Waals surface area contributed by atoms with Crippen molar-refractivity contribution in [2.45, 2.75) is 25.7 Å². The van der Waals surface area contributed by atoms with Crippen LogP contribution in [0.4, 0.5) is 0 Å². The summed E-state index contributed by atoms with van der Waals surface area (Å²) in [6.07, 6.45) is 12.1. The number of carbonyl (C=O) groups excluding carboxylic acids is 1. The maximum Gasteiger partial charge on any atom is 0.259 e. The molecule has 1 aliphatic carbocycles. The van der Waals surface area contributed by atoms with Gasteiger partial charge in [0.15, 0.2) is 12.1 Å². The second-order valence-corrected chi connectivity index (χ2v) is 6.28. The number of aromatic amines is 1. The van der Waals surface area contributed by atoms with Crippen molar-refractivity contribution in [2.75, 3.05) is 0 Å². The number of nitrogens with zero attached hydrogens (tertiary/aromatic N) is 3. The fourth-order valence-corrected chi connectivity index (χ4v) is 3.54. The van der Waals surface area contributed by atoms with Crippen LogP contribution in [0.2, 0.25) is 0 Å². The summed E-state index contributed by atoms with van der Waals surface area (Å²) in [5.74, 6) is 0.925. The van der Waals surface area contributed by atoms with Crippen molar-refractivity contribution in [3.05, 3.63) is 49.1 Å². The van der Waals surface area contributed by atoms with Gasteiger partial charge in [0.2, 0.25) is 0 Å². The number of H-pyrrole nitrogens is 1. The van der Waals surface area contributed by atoms with Crippen molar-refractivity contribution < 1.29 is 9.32 Å². The Kier molecular flexibility index (Phi) is 4.01. The van der Waals surface area contributed by atoms with Crippen LogP contribution in [0.1, 0.15) is 31.2 Å². The lowest BCUT2D eigenvalue weighted by Gasteiger charge is -2.22. The first-order chi connectivity index (χ1) is 12.3. The average molecular weight is 334 g/mol. The molecule has 0 saturated heterocycles. The molecule has 25 heavy (non-hydrogen) atoms. The minimum Gasteiger partial charge on any atom is -0.345 e. The van der Waals surface area contributed by atoms with Gasteiger partial charge >= 0.3 is 0 Å². The molecular weight excluding hydrogens is 316 g/mol. The van der Waals surface area contributed by atoms with Gasteiger partial charge in [0, 0.05) is 24.2 Å². The van der Waals surface area contributed by atoms with E-state index in [4.69, 9.17) is 4.52 Å². The van der Waals surface area contributed by atoms with Crippen LogP contribution in [0.5, 0.6) is 0 Å². The molecule has 3 aromatic rings. The summed E-state index contributed by atoms with van der Waals surface area (Å²) in [5.41, 5.74) is 3.98. The summed E-state index contributed by atoms with van der Waals surface area (Å²) in [4.78, 5) is 23.5. The molecule has 0 saturated carbocycles. The van der Waals surface area contributed by atoms with Gasteiger partial charge in [0.1, 0.15) is 5.65 Å². The van der Waals surface area contributed by atoms with Crippen LogP contribution >= 0.6 is 0 Å². The summed E-state index contributed by atoms with van der Waals surface area (Å²) >= 11 is 0. The zero-order valence-corrected chi connectivity index (χ0v) is 13.7. The zero-order valence-electron chi connectivity index (χ0n) is 13.7. The van der Waals surface area contributed by atoms with Crippen LogP contribution in [0.25, 0.3) is 28.1 Å². The van der Waals surface area contributed by atoms with E-state index in [0.29, 0.717) is 18.2 Å². The Morgan fingerprint density at radius 3 is 3.12 bits per heavy atom. The van der Waals surface area contributed by atoms with Gasteiger partial charge < -0.3 is 9.51 Å². The average Bonchev–Trinajstić information content (AvgIpc) is 3.30. The van der Waals surface area contributed by atoms with E-state index in [-0.39, 0.29) is 5.78 Å². The van der Waals surface area contributed by atoms with Crippen molar-refractivity contribution in [2.24, 2.45) is 5.92 Å². The summed E-state index contributed by atoms with van der Waals surface area (Å²) < 4.78 is 5.23. The standard InChI is InChI=1S/C19H18N4O2/c1-2-14(24)9-12-4-3-5-13(8-12)15-6-7-20-18-17(15)16(10-21-18)19-22-11-23-25-19/h2,5-7,10-12H,1,3-4,8-9H2,(H,20,21). The van der Waals surface area contributed by atoms with Crippen LogP contribution in [0.3, 0.4) is 0 Å². The highest BCUT2D eigenvalue weighted by molar-refractivity contribution is 6.00. The van der Waals surface area contributed by atoms with E-state index >= 15 is 0 Å². The third-order valence-electron chi connectivity index (χ3n) is 4.70. The van der Waals surface area contributed by atoms with Gasteiger partial charge in [-0.15, -0.1) is 0 Å². The van der Waals surface area contributed by atoms with E-state index in [1.165, 1.54) is 18.0 Å². The lowest BCUT2D eigenvalue weighted by atomic mass is 9.82. The second-order valence-electron chi connectivity index (χ2n) is 6.28. The van der Waals surface area contributed by atoms with E-state index in [0.717, 1.165) is 41.4 Å². The Morgan fingerprint density at radius 1 is 1.40 bits per heavy atom. The molecule has 1 aliphatic rings. The Labute approximate surface area is 144 Å². The van der Waals surface area contributed by atoms with Crippen LogP contribution in [-0.2, 0) is 4.79 Å². The molecule has 3 heterocycles.